The molecule has 0 bridgehead atoms. The highest BCUT2D eigenvalue weighted by Gasteiger charge is 2.38. The van der Waals surface area contributed by atoms with E-state index in [1.54, 1.807) is 0 Å². The van der Waals surface area contributed by atoms with Crippen LogP contribution in [0.4, 0.5) is 0 Å². The van der Waals surface area contributed by atoms with E-state index in [2.05, 4.69) is 5.32 Å². The average molecular weight is 281 g/mol. The van der Waals surface area contributed by atoms with Gasteiger partial charge in [-0.05, 0) is 33.1 Å². The predicted octanol–water partition coefficient (Wildman–Crippen LogP) is 1.02. The minimum absolute atomic E-state index is 0.0118. The van der Waals surface area contributed by atoms with Crippen molar-refractivity contribution in [3.63, 3.8) is 0 Å². The third-order valence-corrected chi connectivity index (χ3v) is 4.63. The van der Waals surface area contributed by atoms with Crippen molar-refractivity contribution in [3.05, 3.63) is 0 Å². The summed E-state index contributed by atoms with van der Waals surface area (Å²) in [4.78, 5) is 25.8. The molecule has 2 rings (SSSR count). The molecule has 20 heavy (non-hydrogen) atoms. The smallest absolute Gasteiger partial charge is 0.225 e. The number of rotatable bonds is 4. The molecule has 0 aromatic rings. The van der Waals surface area contributed by atoms with Crippen molar-refractivity contribution < 1.29 is 9.59 Å². The maximum atomic E-state index is 12.4. The van der Waals surface area contributed by atoms with E-state index in [9.17, 15) is 9.59 Å². The minimum atomic E-state index is -0.397. The Morgan fingerprint density at radius 1 is 1.50 bits per heavy atom. The molecule has 3 N–H and O–H groups in total. The van der Waals surface area contributed by atoms with Crippen molar-refractivity contribution in [1.29, 1.82) is 0 Å². The highest BCUT2D eigenvalue weighted by Crippen LogP contribution is 2.31. The van der Waals surface area contributed by atoms with Gasteiger partial charge in [0.25, 0.3) is 0 Å². The van der Waals surface area contributed by atoms with E-state index in [-0.39, 0.29) is 23.8 Å². The van der Waals surface area contributed by atoms with Gasteiger partial charge in [-0.3, -0.25) is 9.59 Å². The lowest BCUT2D eigenvalue weighted by atomic mass is 9.74. The van der Waals surface area contributed by atoms with E-state index < -0.39 is 5.54 Å². The van der Waals surface area contributed by atoms with Gasteiger partial charge in [0, 0.05) is 31.1 Å². The standard InChI is InChI=1S/C15H27N3O2/c1-11(10-18-9-5-7-13(18)19)17-14(20)12-6-3-4-8-15(12,2)16/h11-12H,3-10,16H2,1-2H3,(H,17,20). The Morgan fingerprint density at radius 2 is 2.25 bits per heavy atom. The zero-order valence-corrected chi connectivity index (χ0v) is 12.7. The second-order valence-electron chi connectivity index (χ2n) is 6.66. The lowest BCUT2D eigenvalue weighted by molar-refractivity contribution is -0.131. The molecule has 3 atom stereocenters. The Balaban J connectivity index is 1.85. The summed E-state index contributed by atoms with van der Waals surface area (Å²) in [6.07, 6.45) is 5.53. The second-order valence-corrected chi connectivity index (χ2v) is 6.66. The first-order valence-electron chi connectivity index (χ1n) is 7.77. The Labute approximate surface area is 121 Å². The van der Waals surface area contributed by atoms with Crippen LogP contribution in [-0.2, 0) is 9.59 Å². The van der Waals surface area contributed by atoms with Gasteiger partial charge in [0.05, 0.1) is 5.92 Å². The molecule has 0 aromatic heterocycles. The first-order valence-corrected chi connectivity index (χ1v) is 7.77. The quantitative estimate of drug-likeness (QED) is 0.808. The van der Waals surface area contributed by atoms with Gasteiger partial charge in [-0.1, -0.05) is 12.8 Å². The highest BCUT2D eigenvalue weighted by atomic mass is 16.2. The van der Waals surface area contributed by atoms with Crippen molar-refractivity contribution >= 4 is 11.8 Å². The van der Waals surface area contributed by atoms with Gasteiger partial charge in [-0.25, -0.2) is 0 Å². The molecular weight excluding hydrogens is 254 g/mol. The zero-order chi connectivity index (χ0) is 14.8. The van der Waals surface area contributed by atoms with Crippen molar-refractivity contribution in [2.24, 2.45) is 11.7 Å². The largest absolute Gasteiger partial charge is 0.352 e. The van der Waals surface area contributed by atoms with Crippen molar-refractivity contribution in [2.45, 2.75) is 64.0 Å². The van der Waals surface area contributed by atoms with Gasteiger partial charge >= 0.3 is 0 Å². The summed E-state index contributed by atoms with van der Waals surface area (Å²) in [7, 11) is 0. The van der Waals surface area contributed by atoms with Crippen LogP contribution in [0.1, 0.15) is 52.4 Å². The summed E-state index contributed by atoms with van der Waals surface area (Å²) >= 11 is 0. The lowest BCUT2D eigenvalue weighted by Crippen LogP contribution is -2.55. The number of nitrogens with two attached hydrogens (primary N) is 1. The fraction of sp³-hybridized carbons (Fsp3) is 0.867. The maximum Gasteiger partial charge on any atom is 0.225 e. The number of hydrogen-bond acceptors (Lipinski definition) is 3. The number of nitrogens with one attached hydrogen (secondary N) is 1. The van der Waals surface area contributed by atoms with Gasteiger partial charge < -0.3 is 16.0 Å². The fourth-order valence-corrected chi connectivity index (χ4v) is 3.41. The SMILES string of the molecule is CC(CN1CCCC1=O)NC(=O)C1CCCCC1(C)N. The van der Waals surface area contributed by atoms with Gasteiger partial charge in [0.15, 0.2) is 0 Å². The molecule has 2 fully saturated rings. The lowest BCUT2D eigenvalue weighted by Gasteiger charge is -2.38. The predicted molar refractivity (Wildman–Crippen MR) is 78.0 cm³/mol. The van der Waals surface area contributed by atoms with Gasteiger partial charge in [-0.15, -0.1) is 0 Å². The van der Waals surface area contributed by atoms with Crippen LogP contribution in [0.5, 0.6) is 0 Å². The number of likely N-dealkylation sites (tertiary alicyclic amines) is 1. The maximum absolute atomic E-state index is 12.4. The number of carbonyl (C=O) groups excluding carboxylic acids is 2. The van der Waals surface area contributed by atoms with Crippen molar-refractivity contribution in [2.75, 3.05) is 13.1 Å². The van der Waals surface area contributed by atoms with E-state index in [1.165, 1.54) is 0 Å². The molecule has 114 valence electrons. The molecular formula is C15H27N3O2. The zero-order valence-electron chi connectivity index (χ0n) is 12.7. The summed E-state index contributed by atoms with van der Waals surface area (Å²) < 4.78 is 0. The molecule has 0 spiro atoms. The second kappa shape index (κ2) is 6.12. The fourth-order valence-electron chi connectivity index (χ4n) is 3.41. The Bertz CT molecular complexity index is 381. The summed E-state index contributed by atoms with van der Waals surface area (Å²) in [6, 6.07) is -0.0118. The summed E-state index contributed by atoms with van der Waals surface area (Å²) in [5.74, 6) is 0.147. The van der Waals surface area contributed by atoms with E-state index in [0.29, 0.717) is 13.0 Å². The molecule has 0 aromatic carbocycles. The molecule has 0 radical (unpaired) electrons. The van der Waals surface area contributed by atoms with Crippen molar-refractivity contribution in [3.8, 4) is 0 Å². The van der Waals surface area contributed by atoms with E-state index in [4.69, 9.17) is 5.73 Å². The Morgan fingerprint density at radius 3 is 2.85 bits per heavy atom. The van der Waals surface area contributed by atoms with E-state index in [0.717, 1.165) is 38.6 Å². The highest BCUT2D eigenvalue weighted by molar-refractivity contribution is 5.81. The molecule has 1 aliphatic carbocycles. The van der Waals surface area contributed by atoms with Crippen molar-refractivity contribution in [1.82, 2.24) is 10.2 Å². The molecule has 5 nitrogen and oxygen atoms in total. The topological polar surface area (TPSA) is 75.4 Å². The van der Waals surface area contributed by atoms with Crippen LogP contribution in [0.3, 0.4) is 0 Å². The molecule has 1 heterocycles. The first-order chi connectivity index (χ1) is 9.40. The minimum Gasteiger partial charge on any atom is -0.352 e. The van der Waals surface area contributed by atoms with Crippen LogP contribution in [0.2, 0.25) is 0 Å². The third-order valence-electron chi connectivity index (χ3n) is 4.63. The third kappa shape index (κ3) is 3.51. The molecule has 1 saturated heterocycles. The Hall–Kier alpha value is -1.10. The van der Waals surface area contributed by atoms with Crippen LogP contribution >= 0.6 is 0 Å². The summed E-state index contributed by atoms with van der Waals surface area (Å²) in [5, 5.41) is 3.04. The van der Waals surface area contributed by atoms with Gasteiger partial charge in [-0.2, -0.15) is 0 Å². The normalized spacial score (nSPS) is 32.2. The van der Waals surface area contributed by atoms with E-state index >= 15 is 0 Å². The number of amides is 2. The molecule has 1 saturated carbocycles. The molecule has 3 unspecified atom stereocenters. The van der Waals surface area contributed by atoms with Gasteiger partial charge in [0.1, 0.15) is 0 Å². The monoisotopic (exact) mass is 281 g/mol. The summed E-state index contributed by atoms with van der Waals surface area (Å²) in [6.45, 7) is 5.36. The van der Waals surface area contributed by atoms with Crippen LogP contribution in [0.15, 0.2) is 0 Å². The Kier molecular flexibility index (Phi) is 4.68. The first kappa shape index (κ1) is 15.3. The molecule has 2 aliphatic rings. The molecule has 1 aliphatic heterocycles. The molecule has 2 amide bonds. The van der Waals surface area contributed by atoms with Crippen LogP contribution in [0.25, 0.3) is 0 Å². The van der Waals surface area contributed by atoms with Crippen LogP contribution < -0.4 is 11.1 Å². The van der Waals surface area contributed by atoms with Gasteiger partial charge in [0.2, 0.25) is 11.8 Å². The molecule has 5 heteroatoms. The average Bonchev–Trinajstić information content (AvgIpc) is 2.74. The number of carbonyl (C=O) groups is 2. The number of nitrogens with zero attached hydrogens (tertiary/aromatic N) is 1. The van der Waals surface area contributed by atoms with Crippen LogP contribution in [0, 0.1) is 5.92 Å². The van der Waals surface area contributed by atoms with Crippen LogP contribution in [-0.4, -0.2) is 41.4 Å². The van der Waals surface area contributed by atoms with E-state index in [1.807, 2.05) is 18.7 Å². The summed E-state index contributed by atoms with van der Waals surface area (Å²) in [5.41, 5.74) is 5.86. The number of hydrogen-bond donors (Lipinski definition) is 2.